The highest BCUT2D eigenvalue weighted by molar-refractivity contribution is 5.81. The van der Waals surface area contributed by atoms with E-state index in [9.17, 15) is 9.90 Å². The Morgan fingerprint density at radius 2 is 1.87 bits per heavy atom. The van der Waals surface area contributed by atoms with Gasteiger partial charge < -0.3 is 15.2 Å². The van der Waals surface area contributed by atoms with Crippen LogP contribution in [0.25, 0.3) is 5.57 Å². The third kappa shape index (κ3) is 6.76. The number of para-hydroxylation sites is 1. The van der Waals surface area contributed by atoms with Crippen LogP contribution in [0.5, 0.6) is 5.75 Å². The second-order valence-corrected chi connectivity index (χ2v) is 5.71. The summed E-state index contributed by atoms with van der Waals surface area (Å²) < 4.78 is 5.16. The first-order valence-corrected chi connectivity index (χ1v) is 8.49. The SMILES string of the molecule is CCCCCCCCCC(=COC)c1cccc(NC=O)c1O. The summed E-state index contributed by atoms with van der Waals surface area (Å²) in [5.41, 5.74) is 2.08. The molecule has 1 aromatic carbocycles. The fraction of sp³-hybridized carbons (Fsp3) is 0.526. The number of carbonyl (C=O) groups excluding carboxylic acids is 1. The number of methoxy groups -OCH3 is 1. The lowest BCUT2D eigenvalue weighted by Crippen LogP contribution is -1.96. The van der Waals surface area contributed by atoms with Crippen molar-refractivity contribution >= 4 is 17.7 Å². The van der Waals surface area contributed by atoms with Crippen molar-refractivity contribution in [3.63, 3.8) is 0 Å². The molecule has 2 N–H and O–H groups in total. The number of nitrogens with one attached hydrogen (secondary N) is 1. The lowest BCUT2D eigenvalue weighted by molar-refractivity contribution is -0.105. The first-order valence-electron chi connectivity index (χ1n) is 8.49. The van der Waals surface area contributed by atoms with Crippen LogP contribution in [-0.2, 0) is 9.53 Å². The van der Waals surface area contributed by atoms with Crippen LogP contribution < -0.4 is 5.32 Å². The number of ether oxygens (including phenoxy) is 1. The van der Waals surface area contributed by atoms with Crippen LogP contribution in [-0.4, -0.2) is 18.6 Å². The molecule has 23 heavy (non-hydrogen) atoms. The van der Waals surface area contributed by atoms with Gasteiger partial charge in [0.15, 0.2) is 0 Å². The van der Waals surface area contributed by atoms with E-state index in [4.69, 9.17) is 4.74 Å². The third-order valence-electron chi connectivity index (χ3n) is 3.91. The molecule has 0 atom stereocenters. The fourth-order valence-electron chi connectivity index (χ4n) is 2.65. The van der Waals surface area contributed by atoms with E-state index in [1.165, 1.54) is 38.5 Å². The summed E-state index contributed by atoms with van der Waals surface area (Å²) in [7, 11) is 1.61. The molecule has 4 nitrogen and oxygen atoms in total. The summed E-state index contributed by atoms with van der Waals surface area (Å²) in [6.45, 7) is 2.22. The number of aromatic hydroxyl groups is 1. The average molecular weight is 319 g/mol. The Kier molecular flexibility index (Phi) is 9.60. The molecule has 1 aromatic rings. The zero-order chi connectivity index (χ0) is 16.9. The minimum absolute atomic E-state index is 0.0887. The monoisotopic (exact) mass is 319 g/mol. The van der Waals surface area contributed by atoms with Gasteiger partial charge in [-0.05, 0) is 24.5 Å². The minimum atomic E-state index is 0.0887. The second kappa shape index (κ2) is 11.6. The molecule has 0 aliphatic carbocycles. The number of unbranched alkanes of at least 4 members (excludes halogenated alkanes) is 6. The highest BCUT2D eigenvalue weighted by atomic mass is 16.5. The molecule has 0 radical (unpaired) electrons. The normalized spacial score (nSPS) is 11.3. The zero-order valence-corrected chi connectivity index (χ0v) is 14.3. The number of phenols is 1. The van der Waals surface area contributed by atoms with Crippen LogP contribution in [0.4, 0.5) is 5.69 Å². The maximum atomic E-state index is 10.6. The number of rotatable bonds is 12. The summed E-state index contributed by atoms with van der Waals surface area (Å²) in [6, 6.07) is 5.33. The first-order chi connectivity index (χ1) is 11.2. The predicted molar refractivity (Wildman–Crippen MR) is 95.4 cm³/mol. The van der Waals surface area contributed by atoms with E-state index in [-0.39, 0.29) is 5.75 Å². The van der Waals surface area contributed by atoms with Gasteiger partial charge in [0, 0.05) is 5.56 Å². The number of benzene rings is 1. The van der Waals surface area contributed by atoms with Crippen molar-refractivity contribution in [3.05, 3.63) is 30.0 Å². The maximum absolute atomic E-state index is 10.6. The van der Waals surface area contributed by atoms with E-state index in [1.54, 1.807) is 19.4 Å². The second-order valence-electron chi connectivity index (χ2n) is 5.71. The summed E-state index contributed by atoms with van der Waals surface area (Å²) in [6.07, 6.45) is 11.8. The molecular weight excluding hydrogens is 290 g/mol. The van der Waals surface area contributed by atoms with Crippen molar-refractivity contribution in [1.82, 2.24) is 0 Å². The molecular formula is C19H29NO3. The molecule has 0 aliphatic heterocycles. The Hall–Kier alpha value is -1.97. The number of phenolic OH excluding ortho intramolecular Hbond substituents is 1. The van der Waals surface area contributed by atoms with Gasteiger partial charge >= 0.3 is 0 Å². The van der Waals surface area contributed by atoms with Gasteiger partial charge in [0.05, 0.1) is 19.1 Å². The van der Waals surface area contributed by atoms with Crippen LogP contribution >= 0.6 is 0 Å². The van der Waals surface area contributed by atoms with Crippen molar-refractivity contribution in [2.75, 3.05) is 12.4 Å². The smallest absolute Gasteiger partial charge is 0.211 e. The molecule has 0 spiro atoms. The van der Waals surface area contributed by atoms with Gasteiger partial charge in [-0.1, -0.05) is 57.6 Å². The molecule has 0 bridgehead atoms. The summed E-state index contributed by atoms with van der Waals surface area (Å²) in [5, 5.41) is 12.8. The van der Waals surface area contributed by atoms with Crippen molar-refractivity contribution in [1.29, 1.82) is 0 Å². The summed E-state index contributed by atoms with van der Waals surface area (Å²) >= 11 is 0. The molecule has 1 amide bonds. The largest absolute Gasteiger partial charge is 0.505 e. The van der Waals surface area contributed by atoms with Crippen molar-refractivity contribution in [2.24, 2.45) is 0 Å². The fourth-order valence-corrected chi connectivity index (χ4v) is 2.65. The van der Waals surface area contributed by atoms with E-state index in [2.05, 4.69) is 12.2 Å². The number of hydrogen-bond donors (Lipinski definition) is 2. The van der Waals surface area contributed by atoms with E-state index in [1.807, 2.05) is 12.1 Å². The number of hydrogen-bond acceptors (Lipinski definition) is 3. The molecule has 0 saturated heterocycles. The van der Waals surface area contributed by atoms with Crippen LogP contribution in [0.3, 0.4) is 0 Å². The number of amides is 1. The van der Waals surface area contributed by atoms with Gasteiger partial charge in [-0.25, -0.2) is 0 Å². The van der Waals surface area contributed by atoms with E-state index in [0.29, 0.717) is 17.7 Å². The van der Waals surface area contributed by atoms with Gasteiger partial charge in [0.1, 0.15) is 5.75 Å². The Bertz CT molecular complexity index is 497. The number of anilines is 1. The lowest BCUT2D eigenvalue weighted by Gasteiger charge is -2.12. The van der Waals surface area contributed by atoms with Gasteiger partial charge in [-0.15, -0.1) is 0 Å². The topological polar surface area (TPSA) is 58.6 Å². The predicted octanol–water partition coefficient (Wildman–Crippen LogP) is 5.09. The molecule has 0 aromatic heterocycles. The van der Waals surface area contributed by atoms with Crippen molar-refractivity contribution in [2.45, 2.75) is 58.3 Å². The summed E-state index contributed by atoms with van der Waals surface area (Å²) in [5.74, 6) is 0.0887. The van der Waals surface area contributed by atoms with Gasteiger partial charge in [-0.3, -0.25) is 4.79 Å². The van der Waals surface area contributed by atoms with Gasteiger partial charge in [0.25, 0.3) is 0 Å². The Morgan fingerprint density at radius 3 is 2.52 bits per heavy atom. The molecule has 0 aliphatic rings. The first kappa shape index (κ1) is 19.1. The average Bonchev–Trinajstić information content (AvgIpc) is 2.55. The molecule has 0 unspecified atom stereocenters. The Morgan fingerprint density at radius 1 is 1.17 bits per heavy atom. The molecule has 0 heterocycles. The Balaban J connectivity index is 2.60. The van der Waals surface area contributed by atoms with E-state index >= 15 is 0 Å². The van der Waals surface area contributed by atoms with Crippen molar-refractivity contribution < 1.29 is 14.6 Å². The minimum Gasteiger partial charge on any atom is -0.505 e. The molecule has 1 rings (SSSR count). The number of carbonyl (C=O) groups is 1. The van der Waals surface area contributed by atoms with Crippen LogP contribution in [0.1, 0.15) is 63.9 Å². The number of allylic oxidation sites excluding steroid dienone is 1. The zero-order valence-electron chi connectivity index (χ0n) is 14.3. The standard InChI is InChI=1S/C19H29NO3/c1-3-4-5-6-7-8-9-11-16(14-23-2)17-12-10-13-18(19(17)22)20-15-21/h10,12-15,22H,3-9,11H2,1-2H3,(H,20,21). The van der Waals surface area contributed by atoms with E-state index in [0.717, 1.165) is 18.4 Å². The highest BCUT2D eigenvalue weighted by Gasteiger charge is 2.11. The van der Waals surface area contributed by atoms with Crippen LogP contribution in [0.2, 0.25) is 0 Å². The lowest BCUT2D eigenvalue weighted by atomic mass is 9.98. The van der Waals surface area contributed by atoms with E-state index < -0.39 is 0 Å². The molecule has 128 valence electrons. The van der Waals surface area contributed by atoms with Gasteiger partial charge in [0.2, 0.25) is 6.41 Å². The summed E-state index contributed by atoms with van der Waals surface area (Å²) in [4.78, 5) is 10.6. The maximum Gasteiger partial charge on any atom is 0.211 e. The highest BCUT2D eigenvalue weighted by Crippen LogP contribution is 2.34. The van der Waals surface area contributed by atoms with Crippen molar-refractivity contribution in [3.8, 4) is 5.75 Å². The molecule has 0 saturated carbocycles. The molecule has 4 heteroatoms. The third-order valence-corrected chi connectivity index (χ3v) is 3.91. The quantitative estimate of drug-likeness (QED) is 0.244. The Labute approximate surface area is 139 Å². The van der Waals surface area contributed by atoms with Crippen LogP contribution in [0.15, 0.2) is 24.5 Å². The molecule has 0 fully saturated rings. The van der Waals surface area contributed by atoms with Gasteiger partial charge in [-0.2, -0.15) is 0 Å². The van der Waals surface area contributed by atoms with Crippen LogP contribution in [0, 0.1) is 0 Å².